The zero-order chi connectivity index (χ0) is 19.1. The summed E-state index contributed by atoms with van der Waals surface area (Å²) in [6, 6.07) is 16.5. The molecule has 0 aliphatic rings. The number of nitro groups is 1. The fourth-order valence-electron chi connectivity index (χ4n) is 2.22. The Morgan fingerprint density at radius 2 is 1.81 bits per heavy atom. The molecule has 27 heavy (non-hydrogen) atoms. The van der Waals surface area contributed by atoms with Crippen LogP contribution in [0.15, 0.2) is 82.4 Å². The van der Waals surface area contributed by atoms with Crippen molar-refractivity contribution in [1.29, 1.82) is 0 Å². The van der Waals surface area contributed by atoms with Gasteiger partial charge >= 0.3 is 0 Å². The van der Waals surface area contributed by atoms with E-state index in [1.54, 1.807) is 66.9 Å². The number of hydrogen-bond acceptors (Lipinski definition) is 5. The number of non-ortho nitro benzene ring substituents is 1. The van der Waals surface area contributed by atoms with Gasteiger partial charge in [-0.2, -0.15) is 0 Å². The predicted octanol–water partition coefficient (Wildman–Crippen LogP) is 4.86. The van der Waals surface area contributed by atoms with E-state index in [1.807, 2.05) is 0 Å². The number of nitro benzene ring substituents is 1. The maximum Gasteiger partial charge on any atom is 0.291 e. The highest BCUT2D eigenvalue weighted by atomic mass is 16.6. The van der Waals surface area contributed by atoms with E-state index >= 15 is 0 Å². The summed E-state index contributed by atoms with van der Waals surface area (Å²) in [6.45, 7) is 0. The van der Waals surface area contributed by atoms with Crippen molar-refractivity contribution >= 4 is 35.3 Å². The topological polar surface area (TPSA) is 97.7 Å². The Bertz CT molecular complexity index is 973. The average molecular weight is 361 g/mol. The summed E-state index contributed by atoms with van der Waals surface area (Å²) in [5.74, 6) is -0.0734. The first-order valence-corrected chi connectivity index (χ1v) is 8.02. The monoisotopic (exact) mass is 361 g/mol. The minimum Gasteiger partial charge on any atom is -0.459 e. The molecule has 0 unspecified atom stereocenters. The number of amides is 1. The van der Waals surface area contributed by atoms with Gasteiger partial charge in [-0.3, -0.25) is 19.9 Å². The number of aliphatic imine (C=N–C) groups is 1. The summed E-state index contributed by atoms with van der Waals surface area (Å²) >= 11 is 0. The summed E-state index contributed by atoms with van der Waals surface area (Å²) in [7, 11) is 0. The van der Waals surface area contributed by atoms with Crippen molar-refractivity contribution in [3.63, 3.8) is 0 Å². The molecule has 0 spiro atoms. The van der Waals surface area contributed by atoms with E-state index in [0.717, 1.165) is 11.3 Å². The third kappa shape index (κ3) is 4.99. The standard InChI is InChI=1S/C20H15N3O4/c24-20(19-4-2-14-27-19)22-17-9-7-16(8-10-17)21-13-1-3-15-5-11-18(12-6-15)23(25)26/h1-14H,(H,22,24). The molecule has 0 aliphatic carbocycles. The smallest absolute Gasteiger partial charge is 0.291 e. The SMILES string of the molecule is O=C(Nc1ccc(N=CC=Cc2ccc([N+](=O)[O-])cc2)cc1)c1ccco1. The number of allylic oxidation sites excluding steroid dienone is 1. The van der Waals surface area contributed by atoms with Crippen molar-refractivity contribution in [2.75, 3.05) is 5.32 Å². The molecule has 0 atom stereocenters. The highest BCUT2D eigenvalue weighted by Gasteiger charge is 2.08. The van der Waals surface area contributed by atoms with E-state index in [9.17, 15) is 14.9 Å². The maximum absolute atomic E-state index is 11.9. The Balaban J connectivity index is 1.56. The van der Waals surface area contributed by atoms with E-state index < -0.39 is 4.92 Å². The molecule has 1 N–H and O–H groups in total. The van der Waals surface area contributed by atoms with Crippen LogP contribution in [0.2, 0.25) is 0 Å². The van der Waals surface area contributed by atoms with Crippen molar-refractivity contribution < 1.29 is 14.1 Å². The van der Waals surface area contributed by atoms with Crippen LogP contribution in [0.5, 0.6) is 0 Å². The first-order chi connectivity index (χ1) is 13.1. The second kappa shape index (κ2) is 8.39. The van der Waals surface area contributed by atoms with Crippen LogP contribution in [-0.2, 0) is 0 Å². The van der Waals surface area contributed by atoms with Crippen LogP contribution in [0.25, 0.3) is 6.08 Å². The van der Waals surface area contributed by atoms with E-state index in [1.165, 1.54) is 18.4 Å². The van der Waals surface area contributed by atoms with Crippen molar-refractivity contribution in [3.05, 3.63) is 94.4 Å². The average Bonchev–Trinajstić information content (AvgIpc) is 3.22. The lowest BCUT2D eigenvalue weighted by atomic mass is 10.2. The predicted molar refractivity (Wildman–Crippen MR) is 103 cm³/mol. The molecule has 1 amide bonds. The lowest BCUT2D eigenvalue weighted by Gasteiger charge is -2.03. The quantitative estimate of drug-likeness (QED) is 0.385. The second-order valence-electron chi connectivity index (χ2n) is 5.46. The van der Waals surface area contributed by atoms with Gasteiger partial charge in [-0.1, -0.05) is 6.08 Å². The molecule has 0 radical (unpaired) electrons. The van der Waals surface area contributed by atoms with Gasteiger partial charge in [-0.05, 0) is 60.2 Å². The van der Waals surface area contributed by atoms with Gasteiger partial charge in [0.1, 0.15) is 0 Å². The van der Waals surface area contributed by atoms with Crippen LogP contribution >= 0.6 is 0 Å². The number of nitrogens with one attached hydrogen (secondary N) is 1. The lowest BCUT2D eigenvalue weighted by molar-refractivity contribution is -0.384. The Morgan fingerprint density at radius 3 is 2.44 bits per heavy atom. The number of carbonyl (C=O) groups is 1. The third-order valence-electron chi connectivity index (χ3n) is 3.57. The van der Waals surface area contributed by atoms with Gasteiger partial charge in [0.25, 0.3) is 11.6 Å². The van der Waals surface area contributed by atoms with Crippen LogP contribution in [-0.4, -0.2) is 17.0 Å². The van der Waals surface area contributed by atoms with Crippen LogP contribution in [0.4, 0.5) is 17.1 Å². The van der Waals surface area contributed by atoms with Gasteiger partial charge < -0.3 is 9.73 Å². The Labute approximate surface area is 154 Å². The number of nitrogens with zero attached hydrogens (tertiary/aromatic N) is 2. The summed E-state index contributed by atoms with van der Waals surface area (Å²) < 4.78 is 5.03. The molecule has 0 saturated heterocycles. The minimum absolute atomic E-state index is 0.0556. The second-order valence-corrected chi connectivity index (χ2v) is 5.46. The number of hydrogen-bond donors (Lipinski definition) is 1. The van der Waals surface area contributed by atoms with Crippen molar-refractivity contribution in [3.8, 4) is 0 Å². The highest BCUT2D eigenvalue weighted by molar-refractivity contribution is 6.02. The number of rotatable bonds is 6. The molecule has 0 aliphatic heterocycles. The maximum atomic E-state index is 11.9. The largest absolute Gasteiger partial charge is 0.459 e. The molecule has 3 aromatic rings. The number of carbonyl (C=O) groups excluding carboxylic acids is 1. The summed E-state index contributed by atoms with van der Waals surface area (Å²) in [6.07, 6.45) is 6.60. The number of furan rings is 1. The van der Waals surface area contributed by atoms with E-state index in [4.69, 9.17) is 4.42 Å². The molecular formula is C20H15N3O4. The zero-order valence-corrected chi connectivity index (χ0v) is 14.1. The summed E-state index contributed by atoms with van der Waals surface area (Å²) in [4.78, 5) is 26.3. The molecule has 7 nitrogen and oxygen atoms in total. The third-order valence-corrected chi connectivity index (χ3v) is 3.57. The van der Waals surface area contributed by atoms with Crippen molar-refractivity contribution in [2.45, 2.75) is 0 Å². The van der Waals surface area contributed by atoms with Crippen molar-refractivity contribution in [1.82, 2.24) is 0 Å². The first-order valence-electron chi connectivity index (χ1n) is 8.02. The summed E-state index contributed by atoms with van der Waals surface area (Å²) in [5.41, 5.74) is 2.25. The zero-order valence-electron chi connectivity index (χ0n) is 14.1. The fraction of sp³-hybridized carbons (Fsp3) is 0. The highest BCUT2D eigenvalue weighted by Crippen LogP contribution is 2.17. The van der Waals surface area contributed by atoms with Gasteiger partial charge in [0.05, 0.1) is 16.9 Å². The molecule has 134 valence electrons. The van der Waals surface area contributed by atoms with Gasteiger partial charge in [0, 0.05) is 24.0 Å². The van der Waals surface area contributed by atoms with Gasteiger partial charge in [-0.25, -0.2) is 0 Å². The minimum atomic E-state index is -0.435. The molecule has 0 bridgehead atoms. The molecule has 0 saturated carbocycles. The van der Waals surface area contributed by atoms with Gasteiger partial charge in [0.2, 0.25) is 0 Å². The van der Waals surface area contributed by atoms with E-state index in [0.29, 0.717) is 5.69 Å². The molecule has 7 heteroatoms. The molecule has 0 fully saturated rings. The van der Waals surface area contributed by atoms with E-state index in [2.05, 4.69) is 10.3 Å². The molecular weight excluding hydrogens is 346 g/mol. The molecule has 1 aromatic heterocycles. The first kappa shape index (κ1) is 17.8. The van der Waals surface area contributed by atoms with Crippen LogP contribution in [0.1, 0.15) is 16.1 Å². The molecule has 2 aromatic carbocycles. The molecule has 1 heterocycles. The normalized spacial score (nSPS) is 11.1. The van der Waals surface area contributed by atoms with E-state index in [-0.39, 0.29) is 17.4 Å². The number of benzene rings is 2. The van der Waals surface area contributed by atoms with Crippen LogP contribution < -0.4 is 5.32 Å². The van der Waals surface area contributed by atoms with Crippen molar-refractivity contribution in [2.24, 2.45) is 4.99 Å². The molecule has 3 rings (SSSR count). The van der Waals surface area contributed by atoms with Gasteiger partial charge in [-0.15, -0.1) is 0 Å². The lowest BCUT2D eigenvalue weighted by Crippen LogP contribution is -2.10. The fourth-order valence-corrected chi connectivity index (χ4v) is 2.22. The Hall–Kier alpha value is -4.00. The number of anilines is 1. The van der Waals surface area contributed by atoms with Gasteiger partial charge in [0.15, 0.2) is 5.76 Å². The summed E-state index contributed by atoms with van der Waals surface area (Å²) in [5, 5.41) is 13.3. The Kier molecular flexibility index (Phi) is 5.54. The van der Waals surface area contributed by atoms with Crippen LogP contribution in [0, 0.1) is 10.1 Å². The Morgan fingerprint density at radius 1 is 1.07 bits per heavy atom. The van der Waals surface area contributed by atoms with Crippen LogP contribution in [0.3, 0.4) is 0 Å².